The number of aromatic nitrogens is 5. The molecule has 0 aromatic carbocycles. The van der Waals surface area contributed by atoms with Crippen molar-refractivity contribution in [2.45, 2.75) is 24.9 Å². The number of nitrogen functional groups attached to an aromatic ring is 1. The number of fused-ring (bicyclic) bond motifs is 1. The van der Waals surface area contributed by atoms with Crippen molar-refractivity contribution in [3.8, 4) is 11.5 Å². The minimum Gasteiger partial charge on any atom is -0.369 e. The number of anilines is 2. The maximum Gasteiger partial charge on any atom is 0.416 e. The molecule has 39 heavy (non-hydrogen) atoms. The number of carbonyl (C=O) groups is 2. The average molecular weight is 537 g/mol. The molecule has 0 spiro atoms. The third kappa shape index (κ3) is 5.15. The summed E-state index contributed by atoms with van der Waals surface area (Å²) < 4.78 is 40.6. The van der Waals surface area contributed by atoms with E-state index >= 15 is 0 Å². The van der Waals surface area contributed by atoms with Crippen LogP contribution in [0, 0.1) is 0 Å². The Morgan fingerprint density at radius 3 is 2.64 bits per heavy atom. The first kappa shape index (κ1) is 25.8. The molecule has 0 bridgehead atoms. The Hall–Kier alpha value is -4.81. The number of hydrogen-bond donors (Lipinski definition) is 2. The van der Waals surface area contributed by atoms with E-state index in [2.05, 4.69) is 26.8 Å². The number of nitrogens with two attached hydrogens (primary N) is 1. The van der Waals surface area contributed by atoms with Crippen molar-refractivity contribution in [1.82, 2.24) is 29.2 Å². The molecule has 4 aromatic heterocycles. The Morgan fingerprint density at radius 1 is 1.13 bits per heavy atom. The van der Waals surface area contributed by atoms with Crippen molar-refractivity contribution in [2.75, 3.05) is 24.1 Å². The molecule has 4 aromatic rings. The highest BCUT2D eigenvalue weighted by Gasteiger charge is 2.31. The number of hydrogen-bond acceptors (Lipinski definition) is 7. The molecular weight excluding hydrogens is 513 g/mol. The molecule has 1 fully saturated rings. The fraction of sp³-hybridized carbons (Fsp3) is 0.231. The van der Waals surface area contributed by atoms with Crippen LogP contribution in [-0.2, 0) is 11.0 Å². The number of piperidine rings is 1. The first-order chi connectivity index (χ1) is 18.7. The second-order valence-corrected chi connectivity index (χ2v) is 8.99. The lowest BCUT2D eigenvalue weighted by Gasteiger charge is -2.31. The summed E-state index contributed by atoms with van der Waals surface area (Å²) in [6.07, 6.45) is 2.21. The minimum absolute atomic E-state index is 0.0433. The van der Waals surface area contributed by atoms with Gasteiger partial charge in [-0.2, -0.15) is 13.2 Å². The van der Waals surface area contributed by atoms with Crippen LogP contribution in [-0.4, -0.2) is 54.1 Å². The van der Waals surface area contributed by atoms with Gasteiger partial charge in [0.05, 0.1) is 22.3 Å². The summed E-state index contributed by atoms with van der Waals surface area (Å²) in [5.41, 5.74) is 7.26. The van der Waals surface area contributed by atoms with Gasteiger partial charge in [0.1, 0.15) is 11.5 Å². The molecule has 5 heterocycles. The molecule has 10 nitrogen and oxygen atoms in total. The summed E-state index contributed by atoms with van der Waals surface area (Å²) >= 11 is 0. The molecule has 3 N–H and O–H groups in total. The lowest BCUT2D eigenvalue weighted by atomic mass is 9.94. The number of nitrogens with one attached hydrogen (secondary N) is 1. The smallest absolute Gasteiger partial charge is 0.369 e. The molecule has 1 aliphatic heterocycles. The van der Waals surface area contributed by atoms with E-state index in [-0.39, 0.29) is 29.2 Å². The standard InChI is InChI=1S/C26H23F3N8O2/c1-2-21(38)36-11-3-4-16(14-36)22-19-8-10-32-25(30)37(19)23(35-22)18-6-5-15(13-33-18)24(39)34-20-12-17(7-9-31-20)26(27,28)29/h2,5-10,12-13,16H,1,3-4,11,14H2,(H2,30,32)(H,31,34,39). The third-order valence-corrected chi connectivity index (χ3v) is 6.49. The number of likely N-dealkylation sites (tertiary alicyclic amines) is 1. The topological polar surface area (TPSA) is 131 Å². The van der Waals surface area contributed by atoms with Crippen LogP contribution in [0.5, 0.6) is 0 Å². The molecule has 5 rings (SSSR count). The highest BCUT2D eigenvalue weighted by Crippen LogP contribution is 2.33. The average Bonchev–Trinajstić information content (AvgIpc) is 3.33. The first-order valence-corrected chi connectivity index (χ1v) is 12.0. The van der Waals surface area contributed by atoms with Crippen molar-refractivity contribution in [1.29, 1.82) is 0 Å². The van der Waals surface area contributed by atoms with E-state index in [0.29, 0.717) is 24.6 Å². The molecule has 200 valence electrons. The predicted molar refractivity (Wildman–Crippen MR) is 137 cm³/mol. The van der Waals surface area contributed by atoms with Gasteiger partial charge < -0.3 is 16.0 Å². The number of imidazole rings is 1. The van der Waals surface area contributed by atoms with Crippen LogP contribution in [0.3, 0.4) is 0 Å². The van der Waals surface area contributed by atoms with Crippen molar-refractivity contribution in [2.24, 2.45) is 0 Å². The van der Waals surface area contributed by atoms with Crippen LogP contribution in [0.4, 0.5) is 24.9 Å². The number of amides is 2. The van der Waals surface area contributed by atoms with Gasteiger partial charge >= 0.3 is 6.18 Å². The number of halogens is 3. The Bertz CT molecular complexity index is 1570. The van der Waals surface area contributed by atoms with Crippen LogP contribution in [0.2, 0.25) is 0 Å². The summed E-state index contributed by atoms with van der Waals surface area (Å²) in [4.78, 5) is 43.7. The number of pyridine rings is 2. The summed E-state index contributed by atoms with van der Waals surface area (Å²) in [5.74, 6) is -0.499. The minimum atomic E-state index is -4.56. The zero-order chi connectivity index (χ0) is 27.7. The fourth-order valence-electron chi connectivity index (χ4n) is 4.61. The van der Waals surface area contributed by atoms with E-state index in [0.717, 1.165) is 42.4 Å². The largest absolute Gasteiger partial charge is 0.416 e. The van der Waals surface area contributed by atoms with Gasteiger partial charge in [0.15, 0.2) is 5.82 Å². The summed E-state index contributed by atoms with van der Waals surface area (Å²) in [5, 5.41) is 2.35. The zero-order valence-electron chi connectivity index (χ0n) is 20.5. The number of nitrogens with zero attached hydrogens (tertiary/aromatic N) is 6. The zero-order valence-corrected chi connectivity index (χ0v) is 20.5. The number of rotatable bonds is 5. The molecule has 0 saturated carbocycles. The van der Waals surface area contributed by atoms with Gasteiger partial charge in [0, 0.05) is 37.6 Å². The van der Waals surface area contributed by atoms with Gasteiger partial charge in [-0.1, -0.05) is 6.58 Å². The van der Waals surface area contributed by atoms with Crippen molar-refractivity contribution in [3.05, 3.63) is 78.4 Å². The van der Waals surface area contributed by atoms with E-state index in [4.69, 9.17) is 10.7 Å². The van der Waals surface area contributed by atoms with Crippen molar-refractivity contribution in [3.63, 3.8) is 0 Å². The van der Waals surface area contributed by atoms with Gasteiger partial charge in [0.2, 0.25) is 11.9 Å². The lowest BCUT2D eigenvalue weighted by molar-refractivity contribution is -0.137. The molecular formula is C26H23F3N8O2. The maximum absolute atomic E-state index is 13.0. The van der Waals surface area contributed by atoms with E-state index in [1.807, 2.05) is 0 Å². The Balaban J connectivity index is 1.43. The van der Waals surface area contributed by atoms with Gasteiger partial charge in [-0.15, -0.1) is 0 Å². The predicted octanol–water partition coefficient (Wildman–Crippen LogP) is 3.93. The SMILES string of the molecule is C=CC(=O)N1CCCC(c2nc(-c3ccc(C(=O)Nc4cc(C(F)(F)F)ccn4)cn3)n3c(N)nccc23)C1. The molecule has 1 aliphatic rings. The molecule has 2 amide bonds. The number of carbonyl (C=O) groups excluding carboxylic acids is 2. The van der Waals surface area contributed by atoms with Gasteiger partial charge in [-0.3, -0.25) is 19.0 Å². The summed E-state index contributed by atoms with van der Waals surface area (Å²) in [6, 6.07) is 6.40. The highest BCUT2D eigenvalue weighted by molar-refractivity contribution is 6.03. The van der Waals surface area contributed by atoms with E-state index in [1.165, 1.54) is 18.3 Å². The molecule has 0 radical (unpaired) electrons. The molecule has 13 heteroatoms. The monoisotopic (exact) mass is 536 g/mol. The van der Waals surface area contributed by atoms with Crippen LogP contribution in [0.15, 0.2) is 61.6 Å². The van der Waals surface area contributed by atoms with Crippen LogP contribution in [0.1, 0.15) is 40.4 Å². The fourth-order valence-corrected chi connectivity index (χ4v) is 4.61. The molecule has 1 unspecified atom stereocenters. The summed E-state index contributed by atoms with van der Waals surface area (Å²) in [7, 11) is 0. The van der Waals surface area contributed by atoms with Gasteiger partial charge in [0.25, 0.3) is 5.91 Å². The van der Waals surface area contributed by atoms with Crippen LogP contribution >= 0.6 is 0 Å². The van der Waals surface area contributed by atoms with Gasteiger partial charge in [-0.05, 0) is 49.2 Å². The van der Waals surface area contributed by atoms with Crippen LogP contribution < -0.4 is 11.1 Å². The van der Waals surface area contributed by atoms with E-state index in [9.17, 15) is 22.8 Å². The Labute approximate surface area is 220 Å². The van der Waals surface area contributed by atoms with Gasteiger partial charge in [-0.25, -0.2) is 15.0 Å². The van der Waals surface area contributed by atoms with Crippen molar-refractivity contribution >= 4 is 29.1 Å². The maximum atomic E-state index is 13.0. The lowest BCUT2D eigenvalue weighted by Crippen LogP contribution is -2.38. The first-order valence-electron chi connectivity index (χ1n) is 12.0. The normalized spacial score (nSPS) is 15.8. The quantitative estimate of drug-likeness (QED) is 0.370. The van der Waals surface area contributed by atoms with E-state index in [1.54, 1.807) is 27.6 Å². The highest BCUT2D eigenvalue weighted by atomic mass is 19.4. The Kier molecular flexibility index (Phi) is 6.73. The molecule has 1 atom stereocenters. The van der Waals surface area contributed by atoms with Crippen LogP contribution in [0.25, 0.3) is 17.0 Å². The third-order valence-electron chi connectivity index (χ3n) is 6.49. The Morgan fingerprint density at radius 2 is 1.92 bits per heavy atom. The summed E-state index contributed by atoms with van der Waals surface area (Å²) in [6.45, 7) is 4.70. The second kappa shape index (κ2) is 10.2. The molecule has 0 aliphatic carbocycles. The molecule has 1 saturated heterocycles. The number of alkyl halides is 3. The second-order valence-electron chi connectivity index (χ2n) is 8.99. The van der Waals surface area contributed by atoms with Crippen molar-refractivity contribution < 1.29 is 22.8 Å². The van der Waals surface area contributed by atoms with E-state index < -0.39 is 17.6 Å².